The summed E-state index contributed by atoms with van der Waals surface area (Å²) in [5, 5.41) is 8.90. The number of ether oxygens (including phenoxy) is 1. The molecule has 0 radical (unpaired) electrons. The summed E-state index contributed by atoms with van der Waals surface area (Å²) in [6.07, 6.45) is 0. The zero-order valence-corrected chi connectivity index (χ0v) is 12.2. The van der Waals surface area contributed by atoms with Crippen molar-refractivity contribution in [1.82, 2.24) is 0 Å². The molecule has 0 saturated carbocycles. The van der Waals surface area contributed by atoms with Crippen LogP contribution in [0.15, 0.2) is 36.4 Å². The van der Waals surface area contributed by atoms with Crippen molar-refractivity contribution in [2.24, 2.45) is 0 Å². The molecule has 0 heterocycles. The first-order chi connectivity index (χ1) is 9.45. The molecule has 3 nitrogen and oxygen atoms in total. The van der Waals surface area contributed by atoms with Crippen LogP contribution in [-0.2, 0) is 6.61 Å². The number of carboxylic acids is 1. The molecule has 0 fully saturated rings. The molecule has 0 aliphatic carbocycles. The van der Waals surface area contributed by atoms with Crippen LogP contribution in [0.25, 0.3) is 0 Å². The van der Waals surface area contributed by atoms with Gasteiger partial charge >= 0.3 is 5.97 Å². The van der Waals surface area contributed by atoms with E-state index >= 15 is 0 Å². The highest BCUT2D eigenvalue weighted by molar-refractivity contribution is 14.1. The Morgan fingerprint density at radius 2 is 1.80 bits per heavy atom. The van der Waals surface area contributed by atoms with E-state index in [0.29, 0.717) is 14.9 Å². The van der Waals surface area contributed by atoms with Gasteiger partial charge in [-0.25, -0.2) is 13.6 Å². The van der Waals surface area contributed by atoms with Gasteiger partial charge in [-0.15, -0.1) is 0 Å². The predicted octanol–water partition coefficient (Wildman–Crippen LogP) is 3.85. The van der Waals surface area contributed by atoms with Crippen molar-refractivity contribution < 1.29 is 23.4 Å². The lowest BCUT2D eigenvalue weighted by atomic mass is 10.2. The lowest BCUT2D eigenvalue weighted by Crippen LogP contribution is -2.01. The van der Waals surface area contributed by atoms with Crippen LogP contribution in [0.5, 0.6) is 5.75 Å². The third kappa shape index (κ3) is 3.66. The molecule has 20 heavy (non-hydrogen) atoms. The minimum Gasteiger partial charge on any atom is -0.488 e. The van der Waals surface area contributed by atoms with Gasteiger partial charge in [0, 0.05) is 6.07 Å². The summed E-state index contributed by atoms with van der Waals surface area (Å²) in [5.74, 6) is -2.08. The summed E-state index contributed by atoms with van der Waals surface area (Å²) in [6.45, 7) is -0.0479. The van der Waals surface area contributed by atoms with Gasteiger partial charge in [0.25, 0.3) is 0 Å². The molecule has 2 aromatic carbocycles. The van der Waals surface area contributed by atoms with Gasteiger partial charge in [-0.05, 0) is 58.5 Å². The second-order valence-electron chi connectivity index (χ2n) is 4.02. The Balaban J connectivity index is 2.18. The molecule has 0 aromatic heterocycles. The Labute approximate surface area is 127 Å². The monoisotopic (exact) mass is 390 g/mol. The zero-order chi connectivity index (χ0) is 14.7. The fourth-order valence-electron chi connectivity index (χ4n) is 1.60. The van der Waals surface area contributed by atoms with Crippen molar-refractivity contribution in [1.29, 1.82) is 0 Å². The third-order valence-corrected chi connectivity index (χ3v) is 3.39. The number of rotatable bonds is 4. The van der Waals surface area contributed by atoms with Crippen molar-refractivity contribution in [3.8, 4) is 5.75 Å². The Morgan fingerprint density at radius 1 is 1.15 bits per heavy atom. The number of hydrogen-bond donors (Lipinski definition) is 1. The van der Waals surface area contributed by atoms with Crippen LogP contribution in [-0.4, -0.2) is 11.1 Å². The highest BCUT2D eigenvalue weighted by atomic mass is 127. The topological polar surface area (TPSA) is 46.5 Å². The normalized spacial score (nSPS) is 10.3. The van der Waals surface area contributed by atoms with E-state index in [-0.39, 0.29) is 12.2 Å². The second-order valence-corrected chi connectivity index (χ2v) is 5.18. The second kappa shape index (κ2) is 6.17. The minimum absolute atomic E-state index is 0.0479. The van der Waals surface area contributed by atoms with Crippen molar-refractivity contribution in [3.63, 3.8) is 0 Å². The predicted molar refractivity (Wildman–Crippen MR) is 76.8 cm³/mol. The molecule has 0 saturated heterocycles. The molecule has 0 spiro atoms. The summed E-state index contributed by atoms with van der Waals surface area (Å²) < 4.78 is 32.2. The number of aromatic carboxylic acids is 1. The van der Waals surface area contributed by atoms with Gasteiger partial charge in [-0.3, -0.25) is 0 Å². The van der Waals surface area contributed by atoms with Crippen molar-refractivity contribution in [2.45, 2.75) is 6.61 Å². The van der Waals surface area contributed by atoms with Gasteiger partial charge < -0.3 is 9.84 Å². The molecule has 1 N–H and O–H groups in total. The fourth-order valence-corrected chi connectivity index (χ4v) is 2.09. The average Bonchev–Trinajstić information content (AvgIpc) is 2.36. The highest BCUT2D eigenvalue weighted by Crippen LogP contribution is 2.23. The third-order valence-electron chi connectivity index (χ3n) is 2.49. The maximum Gasteiger partial charge on any atom is 0.335 e. The number of benzene rings is 2. The maximum atomic E-state index is 13.0. The van der Waals surface area contributed by atoms with Crippen LogP contribution in [0.1, 0.15) is 15.9 Å². The average molecular weight is 390 g/mol. The summed E-state index contributed by atoms with van der Waals surface area (Å²) in [5.41, 5.74) is 0.421. The molecule has 0 aliphatic heterocycles. The molecular formula is C14H9F2IO3. The first kappa shape index (κ1) is 14.7. The lowest BCUT2D eigenvalue weighted by molar-refractivity contribution is 0.0696. The number of carbonyl (C=O) groups is 1. The first-order valence-electron chi connectivity index (χ1n) is 5.56. The summed E-state index contributed by atoms with van der Waals surface area (Å²) >= 11 is 1.99. The molecule has 104 valence electrons. The molecule has 0 aliphatic rings. The van der Waals surface area contributed by atoms with Crippen LogP contribution in [0.3, 0.4) is 0 Å². The first-order valence-corrected chi connectivity index (χ1v) is 6.64. The largest absolute Gasteiger partial charge is 0.488 e. The van der Waals surface area contributed by atoms with Gasteiger partial charge in [0.2, 0.25) is 0 Å². The van der Waals surface area contributed by atoms with Crippen LogP contribution in [0, 0.1) is 15.2 Å². The lowest BCUT2D eigenvalue weighted by Gasteiger charge is -2.09. The summed E-state index contributed by atoms with van der Waals surface area (Å²) in [6, 6.07) is 7.54. The van der Waals surface area contributed by atoms with Crippen LogP contribution in [0.2, 0.25) is 0 Å². The van der Waals surface area contributed by atoms with Gasteiger partial charge in [0.15, 0.2) is 0 Å². The van der Waals surface area contributed by atoms with E-state index < -0.39 is 17.6 Å². The van der Waals surface area contributed by atoms with Crippen molar-refractivity contribution in [3.05, 3.63) is 62.7 Å². The Bertz CT molecular complexity index is 639. The van der Waals surface area contributed by atoms with Crippen molar-refractivity contribution in [2.75, 3.05) is 0 Å². The standard InChI is InChI=1S/C14H9F2IO3/c15-10-3-8(4-11(16)6-10)7-20-13-5-9(14(18)19)1-2-12(13)17/h1-6H,7H2,(H,18,19). The van der Waals surface area contributed by atoms with Gasteiger partial charge in [0.1, 0.15) is 24.0 Å². The number of carboxylic acid groups (broad SMARTS) is 1. The Kier molecular flexibility index (Phi) is 4.53. The molecule has 2 aromatic rings. The zero-order valence-electron chi connectivity index (χ0n) is 10.1. The molecule has 0 unspecified atom stereocenters. The quantitative estimate of drug-likeness (QED) is 0.808. The van der Waals surface area contributed by atoms with Gasteiger partial charge in [-0.1, -0.05) is 0 Å². The van der Waals surface area contributed by atoms with Crippen LogP contribution >= 0.6 is 22.6 Å². The number of halogens is 3. The van der Waals surface area contributed by atoms with E-state index in [1.165, 1.54) is 12.1 Å². The van der Waals surface area contributed by atoms with Crippen molar-refractivity contribution >= 4 is 28.6 Å². The van der Waals surface area contributed by atoms with E-state index in [0.717, 1.165) is 18.2 Å². The molecule has 0 atom stereocenters. The highest BCUT2D eigenvalue weighted by Gasteiger charge is 2.09. The minimum atomic E-state index is -1.07. The Morgan fingerprint density at radius 3 is 2.40 bits per heavy atom. The van der Waals surface area contributed by atoms with E-state index in [9.17, 15) is 13.6 Å². The van der Waals surface area contributed by atoms with Crippen LogP contribution in [0.4, 0.5) is 8.78 Å². The molecule has 0 bridgehead atoms. The van der Waals surface area contributed by atoms with Gasteiger partial charge in [-0.2, -0.15) is 0 Å². The summed E-state index contributed by atoms with van der Waals surface area (Å²) in [7, 11) is 0. The fraction of sp³-hybridized carbons (Fsp3) is 0.0714. The van der Waals surface area contributed by atoms with Gasteiger partial charge in [0.05, 0.1) is 9.13 Å². The molecule has 6 heteroatoms. The van der Waals surface area contributed by atoms with Crippen LogP contribution < -0.4 is 4.74 Å². The van der Waals surface area contributed by atoms with E-state index in [1.54, 1.807) is 6.07 Å². The van der Waals surface area contributed by atoms with E-state index in [2.05, 4.69) is 0 Å². The SMILES string of the molecule is O=C(O)c1ccc(I)c(OCc2cc(F)cc(F)c2)c1. The number of hydrogen-bond acceptors (Lipinski definition) is 2. The smallest absolute Gasteiger partial charge is 0.335 e. The summed E-state index contributed by atoms with van der Waals surface area (Å²) in [4.78, 5) is 10.9. The molecule has 2 rings (SSSR count). The maximum absolute atomic E-state index is 13.0. The molecule has 0 amide bonds. The van der Waals surface area contributed by atoms with E-state index in [1.807, 2.05) is 22.6 Å². The van der Waals surface area contributed by atoms with E-state index in [4.69, 9.17) is 9.84 Å². The Hall–Kier alpha value is -1.70. The molecular weight excluding hydrogens is 381 g/mol.